The summed E-state index contributed by atoms with van der Waals surface area (Å²) in [5.41, 5.74) is 6.63. The van der Waals surface area contributed by atoms with Crippen LogP contribution in [0, 0.1) is 0 Å². The zero-order valence-electron chi connectivity index (χ0n) is 13.3. The van der Waals surface area contributed by atoms with Crippen LogP contribution in [-0.2, 0) is 6.54 Å². The number of piperidine rings is 1. The highest BCUT2D eigenvalue weighted by Crippen LogP contribution is 2.31. The number of nitrogens with two attached hydrogens (primary N) is 1. The molecule has 0 aromatic heterocycles. The smallest absolute Gasteiger partial charge is 0.387 e. The summed E-state index contributed by atoms with van der Waals surface area (Å²) in [6, 6.07) is 5.68. The van der Waals surface area contributed by atoms with Gasteiger partial charge in [-0.2, -0.15) is 8.78 Å². The molecule has 7 heteroatoms. The van der Waals surface area contributed by atoms with E-state index in [1.807, 2.05) is 6.07 Å². The third-order valence-corrected chi connectivity index (χ3v) is 4.08. The normalized spacial score (nSPS) is 18.6. The Morgan fingerprint density at radius 1 is 1.30 bits per heavy atom. The van der Waals surface area contributed by atoms with Crippen molar-refractivity contribution in [2.45, 2.75) is 44.9 Å². The van der Waals surface area contributed by atoms with Gasteiger partial charge in [0.05, 0.1) is 7.11 Å². The molecule has 23 heavy (non-hydrogen) atoms. The molecule has 0 bridgehead atoms. The van der Waals surface area contributed by atoms with Crippen molar-refractivity contribution in [3.63, 3.8) is 0 Å². The molecule has 2 N–H and O–H groups in total. The van der Waals surface area contributed by atoms with Crippen LogP contribution in [0.4, 0.5) is 8.78 Å². The largest absolute Gasteiger partial charge is 0.493 e. The topological polar surface area (TPSA) is 47.7 Å². The van der Waals surface area contributed by atoms with E-state index in [1.165, 1.54) is 13.5 Å². The highest BCUT2D eigenvalue weighted by Gasteiger charge is 2.22. The summed E-state index contributed by atoms with van der Waals surface area (Å²) in [6.45, 7) is -0.455. The monoisotopic (exact) mass is 350 g/mol. The number of hydrogen-bond donors (Lipinski definition) is 1. The Morgan fingerprint density at radius 2 is 2.09 bits per heavy atom. The molecule has 1 aromatic carbocycles. The summed E-state index contributed by atoms with van der Waals surface area (Å²) in [5.74, 6) is 0.406. The van der Waals surface area contributed by atoms with Crippen LogP contribution in [0.1, 0.15) is 31.2 Å². The van der Waals surface area contributed by atoms with E-state index in [-0.39, 0.29) is 18.2 Å². The van der Waals surface area contributed by atoms with E-state index in [2.05, 4.69) is 9.64 Å². The van der Waals surface area contributed by atoms with Crippen molar-refractivity contribution in [1.29, 1.82) is 0 Å². The van der Waals surface area contributed by atoms with E-state index in [0.29, 0.717) is 24.9 Å². The molecule has 1 aliphatic rings. The minimum absolute atomic E-state index is 0. The summed E-state index contributed by atoms with van der Waals surface area (Å²) in [7, 11) is 1.44. The molecule has 1 atom stereocenters. The molecule has 1 saturated heterocycles. The molecule has 0 spiro atoms. The van der Waals surface area contributed by atoms with Crippen molar-refractivity contribution < 1.29 is 18.3 Å². The third-order valence-electron chi connectivity index (χ3n) is 4.08. The summed E-state index contributed by atoms with van der Waals surface area (Å²) < 4.78 is 34.6. The van der Waals surface area contributed by atoms with Gasteiger partial charge in [-0.25, -0.2) is 0 Å². The fourth-order valence-electron chi connectivity index (χ4n) is 3.03. The maximum absolute atomic E-state index is 12.5. The second-order valence-electron chi connectivity index (χ2n) is 5.56. The molecular weight excluding hydrogens is 326 g/mol. The first kappa shape index (κ1) is 19.9. The van der Waals surface area contributed by atoms with Crippen LogP contribution in [0.2, 0.25) is 0 Å². The number of alkyl halides is 2. The lowest BCUT2D eigenvalue weighted by atomic mass is 9.98. The molecular formula is C16H25ClF2N2O2. The molecule has 4 nitrogen and oxygen atoms in total. The number of rotatable bonds is 7. The molecule has 0 aliphatic carbocycles. The van der Waals surface area contributed by atoms with E-state index in [1.54, 1.807) is 12.1 Å². The fourth-order valence-corrected chi connectivity index (χ4v) is 3.03. The first-order valence-corrected chi connectivity index (χ1v) is 7.70. The van der Waals surface area contributed by atoms with Crippen molar-refractivity contribution in [3.05, 3.63) is 23.8 Å². The number of ether oxygens (including phenoxy) is 2. The first-order valence-electron chi connectivity index (χ1n) is 7.70. The zero-order chi connectivity index (χ0) is 15.9. The third kappa shape index (κ3) is 5.79. The van der Waals surface area contributed by atoms with Gasteiger partial charge in [0.1, 0.15) is 0 Å². The van der Waals surface area contributed by atoms with Crippen LogP contribution in [-0.4, -0.2) is 37.8 Å². The Bertz CT molecular complexity index is 475. The van der Waals surface area contributed by atoms with Crippen LogP contribution in [0.3, 0.4) is 0 Å². The molecule has 1 aromatic rings. The molecule has 0 saturated carbocycles. The van der Waals surface area contributed by atoms with Crippen molar-refractivity contribution in [2.24, 2.45) is 5.73 Å². The minimum Gasteiger partial charge on any atom is -0.493 e. The van der Waals surface area contributed by atoms with E-state index in [0.717, 1.165) is 31.4 Å². The average molecular weight is 351 g/mol. The lowest BCUT2D eigenvalue weighted by Crippen LogP contribution is -2.40. The van der Waals surface area contributed by atoms with Gasteiger partial charge in [0.2, 0.25) is 0 Å². The molecule has 1 heterocycles. The van der Waals surface area contributed by atoms with E-state index >= 15 is 0 Å². The lowest BCUT2D eigenvalue weighted by molar-refractivity contribution is -0.0512. The second-order valence-corrected chi connectivity index (χ2v) is 5.56. The van der Waals surface area contributed by atoms with Crippen LogP contribution < -0.4 is 15.2 Å². The van der Waals surface area contributed by atoms with Crippen molar-refractivity contribution >= 4 is 12.4 Å². The van der Waals surface area contributed by atoms with Crippen LogP contribution in [0.5, 0.6) is 11.5 Å². The Hall–Kier alpha value is -1.11. The molecule has 1 aliphatic heterocycles. The Morgan fingerprint density at radius 3 is 2.74 bits per heavy atom. The predicted molar refractivity (Wildman–Crippen MR) is 88.6 cm³/mol. The number of methoxy groups -OCH3 is 1. The summed E-state index contributed by atoms with van der Waals surface area (Å²) in [4.78, 5) is 2.38. The summed E-state index contributed by atoms with van der Waals surface area (Å²) >= 11 is 0. The Kier molecular flexibility index (Phi) is 8.58. The standard InChI is InChI=1S/C16H24F2N2O2.ClH/c1-21-14-6-5-12(10-15(14)22-16(17)18)11-20-9-3-2-4-13(20)7-8-19;/h5-6,10,13,16H,2-4,7-9,11,19H2,1H3;1H. The SMILES string of the molecule is COc1ccc(CN2CCCCC2CCN)cc1OC(F)F.Cl. The maximum atomic E-state index is 12.5. The molecule has 0 amide bonds. The quantitative estimate of drug-likeness (QED) is 0.818. The van der Waals surface area contributed by atoms with Gasteiger partial charge in [-0.3, -0.25) is 4.90 Å². The number of hydrogen-bond acceptors (Lipinski definition) is 4. The predicted octanol–water partition coefficient (Wildman–Crippen LogP) is 3.42. The second kappa shape index (κ2) is 9.90. The van der Waals surface area contributed by atoms with Crippen molar-refractivity contribution in [3.8, 4) is 11.5 Å². The van der Waals surface area contributed by atoms with Crippen molar-refractivity contribution in [1.82, 2.24) is 4.90 Å². The van der Waals surface area contributed by atoms with Gasteiger partial charge in [0.25, 0.3) is 0 Å². The van der Waals surface area contributed by atoms with E-state index in [4.69, 9.17) is 10.5 Å². The maximum Gasteiger partial charge on any atom is 0.387 e. The summed E-state index contributed by atoms with van der Waals surface area (Å²) in [6.07, 6.45) is 4.51. The highest BCUT2D eigenvalue weighted by molar-refractivity contribution is 5.85. The Balaban J connectivity index is 0.00000264. The van der Waals surface area contributed by atoms with Gasteiger partial charge in [-0.1, -0.05) is 12.5 Å². The molecule has 0 radical (unpaired) electrons. The summed E-state index contributed by atoms with van der Waals surface area (Å²) in [5, 5.41) is 0. The zero-order valence-corrected chi connectivity index (χ0v) is 14.2. The molecule has 132 valence electrons. The fraction of sp³-hybridized carbons (Fsp3) is 0.625. The average Bonchev–Trinajstić information content (AvgIpc) is 2.49. The van der Waals surface area contributed by atoms with Crippen LogP contribution in [0.15, 0.2) is 18.2 Å². The molecule has 2 rings (SSSR count). The lowest BCUT2D eigenvalue weighted by Gasteiger charge is -2.35. The molecule has 1 fully saturated rings. The van der Waals surface area contributed by atoms with Crippen LogP contribution >= 0.6 is 12.4 Å². The minimum atomic E-state index is -2.86. The van der Waals surface area contributed by atoms with Gasteiger partial charge < -0.3 is 15.2 Å². The number of nitrogens with zero attached hydrogens (tertiary/aromatic N) is 1. The van der Waals surface area contributed by atoms with Gasteiger partial charge in [-0.05, 0) is 50.0 Å². The first-order chi connectivity index (χ1) is 10.6. The Labute approximate surface area is 142 Å². The van der Waals surface area contributed by atoms with E-state index in [9.17, 15) is 8.78 Å². The molecule has 1 unspecified atom stereocenters. The van der Waals surface area contributed by atoms with Gasteiger partial charge in [0, 0.05) is 12.6 Å². The van der Waals surface area contributed by atoms with Crippen molar-refractivity contribution in [2.75, 3.05) is 20.2 Å². The van der Waals surface area contributed by atoms with E-state index < -0.39 is 6.61 Å². The van der Waals surface area contributed by atoms with Gasteiger partial charge in [-0.15, -0.1) is 12.4 Å². The highest BCUT2D eigenvalue weighted by atomic mass is 35.5. The number of likely N-dealkylation sites (tertiary alicyclic amines) is 1. The number of benzene rings is 1. The van der Waals surface area contributed by atoms with Crippen LogP contribution in [0.25, 0.3) is 0 Å². The number of halogens is 3. The van der Waals surface area contributed by atoms with Gasteiger partial charge in [0.15, 0.2) is 11.5 Å². The van der Waals surface area contributed by atoms with Gasteiger partial charge >= 0.3 is 6.61 Å².